The molecule has 1 amide bonds. The topological polar surface area (TPSA) is 38.3 Å². The summed E-state index contributed by atoms with van der Waals surface area (Å²) in [4.78, 5) is 12.5. The SMILES string of the molecule is O=C(C[C@@H]1CCCO1)N[C@H]1[C@H]2CCCC[C@H]2[C@@H]1c1ccccc1. The Labute approximate surface area is 138 Å². The third kappa shape index (κ3) is 3.03. The van der Waals surface area contributed by atoms with E-state index in [-0.39, 0.29) is 12.0 Å². The number of carbonyl (C=O) groups is 1. The maximum absolute atomic E-state index is 12.5. The molecule has 3 nitrogen and oxygen atoms in total. The standard InChI is InChI=1S/C20H27NO2/c22-18(13-15-9-6-12-23-15)21-20-17-11-5-4-10-16(17)19(20)14-7-2-1-3-8-14/h1-3,7-8,15-17,19-20H,4-6,9-13H2,(H,21,22)/t15-,16+,17-,19-,20-/m0/s1. The van der Waals surface area contributed by atoms with Crippen molar-refractivity contribution >= 4 is 5.91 Å². The molecule has 0 aromatic heterocycles. The molecule has 23 heavy (non-hydrogen) atoms. The molecule has 1 aromatic rings. The summed E-state index contributed by atoms with van der Waals surface area (Å²) in [5, 5.41) is 3.37. The zero-order valence-electron chi connectivity index (χ0n) is 13.7. The predicted octanol–water partition coefficient (Wildman–Crippen LogP) is 3.64. The van der Waals surface area contributed by atoms with Gasteiger partial charge in [0, 0.05) is 18.6 Å². The smallest absolute Gasteiger partial charge is 0.222 e. The highest BCUT2D eigenvalue weighted by Gasteiger charge is 2.51. The van der Waals surface area contributed by atoms with Gasteiger partial charge in [-0.15, -0.1) is 0 Å². The molecule has 1 aliphatic heterocycles. The first kappa shape index (κ1) is 15.2. The summed E-state index contributed by atoms with van der Waals surface area (Å²) in [5.74, 6) is 2.14. The largest absolute Gasteiger partial charge is 0.378 e. The average Bonchev–Trinajstić information content (AvgIpc) is 3.07. The van der Waals surface area contributed by atoms with Crippen LogP contribution in [-0.2, 0) is 9.53 Å². The van der Waals surface area contributed by atoms with Crippen molar-refractivity contribution in [3.8, 4) is 0 Å². The minimum absolute atomic E-state index is 0.146. The van der Waals surface area contributed by atoms with E-state index >= 15 is 0 Å². The minimum Gasteiger partial charge on any atom is -0.378 e. The first-order valence-corrected chi connectivity index (χ1v) is 9.29. The Hall–Kier alpha value is -1.35. The van der Waals surface area contributed by atoms with Crippen LogP contribution in [0.25, 0.3) is 0 Å². The molecule has 1 saturated heterocycles. The fourth-order valence-electron chi connectivity index (χ4n) is 5.05. The lowest BCUT2D eigenvalue weighted by molar-refractivity contribution is -0.127. The van der Waals surface area contributed by atoms with Gasteiger partial charge in [-0.3, -0.25) is 4.79 Å². The van der Waals surface area contributed by atoms with Gasteiger partial charge in [-0.2, -0.15) is 0 Å². The van der Waals surface area contributed by atoms with Gasteiger partial charge in [0.1, 0.15) is 0 Å². The monoisotopic (exact) mass is 313 g/mol. The Balaban J connectivity index is 1.44. The van der Waals surface area contributed by atoms with Crippen LogP contribution in [0.5, 0.6) is 0 Å². The zero-order valence-corrected chi connectivity index (χ0v) is 13.7. The molecule has 3 aliphatic rings. The van der Waals surface area contributed by atoms with Crippen LogP contribution in [0.15, 0.2) is 30.3 Å². The van der Waals surface area contributed by atoms with Crippen LogP contribution in [0.3, 0.4) is 0 Å². The van der Waals surface area contributed by atoms with Gasteiger partial charge < -0.3 is 10.1 Å². The first-order valence-electron chi connectivity index (χ1n) is 9.29. The number of fused-ring (bicyclic) bond motifs is 1. The molecule has 5 atom stereocenters. The van der Waals surface area contributed by atoms with Crippen molar-refractivity contribution in [3.63, 3.8) is 0 Å². The fraction of sp³-hybridized carbons (Fsp3) is 0.650. The van der Waals surface area contributed by atoms with Crippen molar-refractivity contribution in [2.75, 3.05) is 6.61 Å². The van der Waals surface area contributed by atoms with Crippen molar-refractivity contribution < 1.29 is 9.53 Å². The van der Waals surface area contributed by atoms with E-state index in [2.05, 4.69) is 35.6 Å². The quantitative estimate of drug-likeness (QED) is 0.921. The predicted molar refractivity (Wildman–Crippen MR) is 90.2 cm³/mol. The van der Waals surface area contributed by atoms with E-state index in [1.165, 1.54) is 31.2 Å². The molecule has 1 aromatic carbocycles. The van der Waals surface area contributed by atoms with Gasteiger partial charge in [0.05, 0.1) is 12.5 Å². The lowest BCUT2D eigenvalue weighted by atomic mass is 9.53. The number of rotatable bonds is 4. The van der Waals surface area contributed by atoms with Gasteiger partial charge in [-0.25, -0.2) is 0 Å². The van der Waals surface area contributed by atoms with Crippen LogP contribution in [-0.4, -0.2) is 24.7 Å². The fourth-order valence-corrected chi connectivity index (χ4v) is 5.05. The van der Waals surface area contributed by atoms with Crippen molar-refractivity contribution in [2.24, 2.45) is 11.8 Å². The molecule has 1 heterocycles. The van der Waals surface area contributed by atoms with E-state index in [1.54, 1.807) is 0 Å². The van der Waals surface area contributed by atoms with Crippen LogP contribution < -0.4 is 5.32 Å². The normalized spacial score (nSPS) is 36.1. The molecule has 0 radical (unpaired) electrons. The molecule has 124 valence electrons. The lowest BCUT2D eigenvalue weighted by Crippen LogP contribution is -2.59. The summed E-state index contributed by atoms with van der Waals surface area (Å²) in [6.07, 6.45) is 8.08. The lowest BCUT2D eigenvalue weighted by Gasteiger charge is -2.55. The Morgan fingerprint density at radius 3 is 2.57 bits per heavy atom. The Morgan fingerprint density at radius 1 is 1.04 bits per heavy atom. The molecule has 2 saturated carbocycles. The van der Waals surface area contributed by atoms with Gasteiger partial charge in [0.15, 0.2) is 0 Å². The highest BCUT2D eigenvalue weighted by atomic mass is 16.5. The van der Waals surface area contributed by atoms with E-state index in [0.717, 1.165) is 25.4 Å². The van der Waals surface area contributed by atoms with E-state index in [4.69, 9.17) is 4.74 Å². The number of hydrogen-bond donors (Lipinski definition) is 1. The number of ether oxygens (including phenoxy) is 1. The number of carbonyl (C=O) groups excluding carboxylic acids is 1. The van der Waals surface area contributed by atoms with Crippen LogP contribution >= 0.6 is 0 Å². The number of nitrogens with one attached hydrogen (secondary N) is 1. The highest BCUT2D eigenvalue weighted by Crippen LogP contribution is 2.54. The summed E-state index contributed by atoms with van der Waals surface area (Å²) in [5.41, 5.74) is 1.40. The summed E-state index contributed by atoms with van der Waals surface area (Å²) in [6, 6.07) is 11.1. The summed E-state index contributed by atoms with van der Waals surface area (Å²) in [6.45, 7) is 0.818. The van der Waals surface area contributed by atoms with Gasteiger partial charge in [0.2, 0.25) is 5.91 Å². The molecule has 0 unspecified atom stereocenters. The third-order valence-electron chi connectivity index (χ3n) is 6.13. The molecule has 3 fully saturated rings. The Morgan fingerprint density at radius 2 is 1.83 bits per heavy atom. The Bertz CT molecular complexity index is 538. The van der Waals surface area contributed by atoms with Crippen LogP contribution in [0, 0.1) is 11.8 Å². The molecule has 1 N–H and O–H groups in total. The number of benzene rings is 1. The summed E-state index contributed by atoms with van der Waals surface area (Å²) in [7, 11) is 0. The first-order chi connectivity index (χ1) is 11.3. The molecule has 0 bridgehead atoms. The summed E-state index contributed by atoms with van der Waals surface area (Å²) < 4.78 is 5.61. The molecular formula is C20H27NO2. The van der Waals surface area contributed by atoms with E-state index in [1.807, 2.05) is 0 Å². The Kier molecular flexibility index (Phi) is 4.39. The van der Waals surface area contributed by atoms with Crippen LogP contribution in [0.1, 0.15) is 56.4 Å². The second-order valence-electron chi connectivity index (χ2n) is 7.48. The molecule has 0 spiro atoms. The van der Waals surface area contributed by atoms with Crippen molar-refractivity contribution in [3.05, 3.63) is 35.9 Å². The summed E-state index contributed by atoms with van der Waals surface area (Å²) >= 11 is 0. The number of hydrogen-bond acceptors (Lipinski definition) is 2. The van der Waals surface area contributed by atoms with Crippen molar-refractivity contribution in [2.45, 2.75) is 63.0 Å². The third-order valence-corrected chi connectivity index (χ3v) is 6.13. The number of amides is 1. The minimum atomic E-state index is 0.146. The second-order valence-corrected chi connectivity index (χ2v) is 7.48. The van der Waals surface area contributed by atoms with E-state index in [0.29, 0.717) is 24.3 Å². The van der Waals surface area contributed by atoms with E-state index in [9.17, 15) is 4.79 Å². The molecule has 4 rings (SSSR count). The van der Waals surface area contributed by atoms with Crippen molar-refractivity contribution in [1.29, 1.82) is 0 Å². The highest BCUT2D eigenvalue weighted by molar-refractivity contribution is 5.77. The second kappa shape index (κ2) is 6.64. The van der Waals surface area contributed by atoms with Crippen LogP contribution in [0.2, 0.25) is 0 Å². The van der Waals surface area contributed by atoms with Crippen molar-refractivity contribution in [1.82, 2.24) is 5.32 Å². The van der Waals surface area contributed by atoms with Crippen LogP contribution in [0.4, 0.5) is 0 Å². The maximum atomic E-state index is 12.5. The average molecular weight is 313 g/mol. The maximum Gasteiger partial charge on any atom is 0.222 e. The van der Waals surface area contributed by atoms with Gasteiger partial charge in [-0.05, 0) is 43.1 Å². The molecule has 3 heteroatoms. The van der Waals surface area contributed by atoms with Gasteiger partial charge >= 0.3 is 0 Å². The molecular weight excluding hydrogens is 286 g/mol. The van der Waals surface area contributed by atoms with Gasteiger partial charge in [-0.1, -0.05) is 43.2 Å². The van der Waals surface area contributed by atoms with E-state index < -0.39 is 0 Å². The zero-order chi connectivity index (χ0) is 15.6. The van der Waals surface area contributed by atoms with Gasteiger partial charge in [0.25, 0.3) is 0 Å². The molecule has 2 aliphatic carbocycles.